The van der Waals surface area contributed by atoms with Gasteiger partial charge in [-0.15, -0.1) is 0 Å². The Hall–Kier alpha value is -0.300. The van der Waals surface area contributed by atoms with E-state index in [2.05, 4.69) is 11.1 Å². The highest BCUT2D eigenvalue weighted by molar-refractivity contribution is 7.87. The van der Waals surface area contributed by atoms with Crippen molar-refractivity contribution in [3.63, 3.8) is 0 Å². The Bertz CT molecular complexity index is 299. The molecule has 0 rings (SSSR count). The number of halogens is 3. The smallest absolute Gasteiger partial charge is 0.263 e. The highest BCUT2D eigenvalue weighted by atomic mass is 32.2. The van der Waals surface area contributed by atoms with E-state index in [9.17, 15) is 21.6 Å². The standard InChI is InChI=1S/C11H21F3O3S/c1-2-3-4-5-6-7-8-9-10-17-18(15,16)11(12,13)14/h2-10H2,1H3. The summed E-state index contributed by atoms with van der Waals surface area (Å²) in [6.07, 6.45) is 7.63. The maximum absolute atomic E-state index is 11.9. The molecule has 110 valence electrons. The first-order valence-corrected chi connectivity index (χ1v) is 7.68. The fraction of sp³-hybridized carbons (Fsp3) is 1.00. The van der Waals surface area contributed by atoms with E-state index in [1.54, 1.807) is 0 Å². The van der Waals surface area contributed by atoms with Crippen LogP contribution in [0.5, 0.6) is 0 Å². The number of rotatable bonds is 10. The third-order valence-corrected chi connectivity index (χ3v) is 3.56. The second-order valence-corrected chi connectivity index (χ2v) is 5.80. The summed E-state index contributed by atoms with van der Waals surface area (Å²) in [6.45, 7) is 1.73. The fourth-order valence-corrected chi connectivity index (χ4v) is 1.94. The molecular formula is C11H21F3O3S. The van der Waals surface area contributed by atoms with Crippen LogP contribution < -0.4 is 0 Å². The zero-order valence-corrected chi connectivity index (χ0v) is 11.4. The van der Waals surface area contributed by atoms with Gasteiger partial charge in [0, 0.05) is 0 Å². The monoisotopic (exact) mass is 290 g/mol. The van der Waals surface area contributed by atoms with Gasteiger partial charge in [-0.25, -0.2) is 0 Å². The first-order chi connectivity index (χ1) is 8.31. The Morgan fingerprint density at radius 1 is 0.889 bits per heavy atom. The lowest BCUT2D eigenvalue weighted by Crippen LogP contribution is -2.25. The summed E-state index contributed by atoms with van der Waals surface area (Å²) in [5, 5.41) is 0. The van der Waals surface area contributed by atoms with E-state index in [1.807, 2.05) is 0 Å². The van der Waals surface area contributed by atoms with Gasteiger partial charge in [-0.05, 0) is 6.42 Å². The Morgan fingerprint density at radius 2 is 1.33 bits per heavy atom. The maximum atomic E-state index is 11.9. The van der Waals surface area contributed by atoms with Crippen LogP contribution in [0.15, 0.2) is 0 Å². The van der Waals surface area contributed by atoms with Crippen LogP contribution in [-0.4, -0.2) is 20.5 Å². The minimum absolute atomic E-state index is 0.336. The molecule has 0 bridgehead atoms. The van der Waals surface area contributed by atoms with Crippen LogP contribution in [0.2, 0.25) is 0 Å². The van der Waals surface area contributed by atoms with Crippen molar-refractivity contribution in [2.45, 2.75) is 63.8 Å². The van der Waals surface area contributed by atoms with Crippen LogP contribution >= 0.6 is 0 Å². The second-order valence-electron chi connectivity index (χ2n) is 4.20. The van der Waals surface area contributed by atoms with Gasteiger partial charge in [0.15, 0.2) is 0 Å². The highest BCUT2D eigenvalue weighted by Gasteiger charge is 2.47. The number of hydrogen-bond donors (Lipinski definition) is 0. The summed E-state index contributed by atoms with van der Waals surface area (Å²) in [4.78, 5) is 0. The zero-order chi connectivity index (χ0) is 14.1. The molecule has 0 fully saturated rings. The van der Waals surface area contributed by atoms with Crippen LogP contribution in [0.4, 0.5) is 13.2 Å². The van der Waals surface area contributed by atoms with Gasteiger partial charge in [0.05, 0.1) is 6.61 Å². The second kappa shape index (κ2) is 8.74. The van der Waals surface area contributed by atoms with E-state index in [0.29, 0.717) is 12.8 Å². The molecule has 0 aliphatic heterocycles. The molecule has 0 unspecified atom stereocenters. The van der Waals surface area contributed by atoms with E-state index in [-0.39, 0.29) is 0 Å². The summed E-state index contributed by atoms with van der Waals surface area (Å²) < 4.78 is 60.5. The average Bonchev–Trinajstić information content (AvgIpc) is 2.25. The molecule has 3 nitrogen and oxygen atoms in total. The van der Waals surface area contributed by atoms with Crippen LogP contribution in [0, 0.1) is 0 Å². The minimum atomic E-state index is -5.40. The van der Waals surface area contributed by atoms with Gasteiger partial charge in [0.1, 0.15) is 0 Å². The fourth-order valence-electron chi connectivity index (χ4n) is 1.47. The van der Waals surface area contributed by atoms with Crippen LogP contribution in [0.3, 0.4) is 0 Å². The quantitative estimate of drug-likeness (QED) is 0.347. The van der Waals surface area contributed by atoms with Gasteiger partial charge in [-0.1, -0.05) is 51.9 Å². The molecule has 7 heteroatoms. The number of unbranched alkanes of at least 4 members (excludes halogenated alkanes) is 7. The topological polar surface area (TPSA) is 43.4 Å². The molecule has 0 spiro atoms. The molecule has 0 aliphatic rings. The van der Waals surface area contributed by atoms with Crippen molar-refractivity contribution in [2.75, 3.05) is 6.61 Å². The van der Waals surface area contributed by atoms with Crippen molar-refractivity contribution in [3.05, 3.63) is 0 Å². The van der Waals surface area contributed by atoms with E-state index in [1.165, 1.54) is 19.3 Å². The third-order valence-electron chi connectivity index (χ3n) is 2.52. The van der Waals surface area contributed by atoms with Crippen LogP contribution in [0.25, 0.3) is 0 Å². The van der Waals surface area contributed by atoms with E-state index >= 15 is 0 Å². The van der Waals surface area contributed by atoms with Crippen LogP contribution in [0.1, 0.15) is 58.3 Å². The van der Waals surface area contributed by atoms with E-state index < -0.39 is 22.2 Å². The lowest BCUT2D eigenvalue weighted by molar-refractivity contribution is -0.0542. The van der Waals surface area contributed by atoms with E-state index in [4.69, 9.17) is 0 Å². The Labute approximate surface area is 107 Å². The van der Waals surface area contributed by atoms with Gasteiger partial charge in [0.2, 0.25) is 0 Å². The molecule has 0 radical (unpaired) electrons. The van der Waals surface area contributed by atoms with Crippen molar-refractivity contribution in [3.8, 4) is 0 Å². The Morgan fingerprint density at radius 3 is 1.78 bits per heavy atom. The SMILES string of the molecule is CCCCCCCCCCOS(=O)(=O)C(F)(F)F. The van der Waals surface area contributed by atoms with Crippen molar-refractivity contribution in [1.29, 1.82) is 0 Å². The molecule has 0 aromatic carbocycles. The lowest BCUT2D eigenvalue weighted by atomic mass is 10.1. The molecule has 0 atom stereocenters. The van der Waals surface area contributed by atoms with Crippen molar-refractivity contribution >= 4 is 10.1 Å². The molecule has 0 N–H and O–H groups in total. The number of hydrogen-bond acceptors (Lipinski definition) is 3. The predicted molar refractivity (Wildman–Crippen MR) is 63.5 cm³/mol. The predicted octanol–water partition coefficient (Wildman–Crippen LogP) is 3.99. The number of alkyl halides is 3. The van der Waals surface area contributed by atoms with E-state index in [0.717, 1.165) is 19.3 Å². The largest absolute Gasteiger partial charge is 0.523 e. The Balaban J connectivity index is 3.47. The summed E-state index contributed by atoms with van der Waals surface area (Å²) in [7, 11) is -5.40. The lowest BCUT2D eigenvalue weighted by Gasteiger charge is -2.07. The summed E-state index contributed by atoms with van der Waals surface area (Å²) in [6, 6.07) is 0. The molecule has 0 aliphatic carbocycles. The minimum Gasteiger partial charge on any atom is -0.263 e. The molecule has 0 heterocycles. The summed E-state index contributed by atoms with van der Waals surface area (Å²) in [5.41, 5.74) is -5.31. The molecule has 0 aromatic rings. The molecule has 18 heavy (non-hydrogen) atoms. The molecule has 0 aromatic heterocycles. The summed E-state index contributed by atoms with van der Waals surface area (Å²) >= 11 is 0. The van der Waals surface area contributed by atoms with Gasteiger partial charge in [-0.2, -0.15) is 21.6 Å². The highest BCUT2D eigenvalue weighted by Crippen LogP contribution is 2.24. The van der Waals surface area contributed by atoms with Crippen molar-refractivity contribution < 1.29 is 25.8 Å². The van der Waals surface area contributed by atoms with Gasteiger partial charge < -0.3 is 0 Å². The van der Waals surface area contributed by atoms with Crippen molar-refractivity contribution in [2.24, 2.45) is 0 Å². The summed E-state index contributed by atoms with van der Waals surface area (Å²) in [5.74, 6) is 0. The van der Waals surface area contributed by atoms with Crippen molar-refractivity contribution in [1.82, 2.24) is 0 Å². The zero-order valence-electron chi connectivity index (χ0n) is 10.6. The normalized spacial score (nSPS) is 12.9. The molecular weight excluding hydrogens is 269 g/mol. The molecule has 0 amide bonds. The Kier molecular flexibility index (Phi) is 8.60. The third kappa shape index (κ3) is 7.92. The first-order valence-electron chi connectivity index (χ1n) is 6.27. The molecule has 0 saturated carbocycles. The van der Waals surface area contributed by atoms with Gasteiger partial charge in [-0.3, -0.25) is 4.18 Å². The van der Waals surface area contributed by atoms with Crippen LogP contribution in [-0.2, 0) is 14.3 Å². The average molecular weight is 290 g/mol. The van der Waals surface area contributed by atoms with Gasteiger partial charge in [0.25, 0.3) is 0 Å². The maximum Gasteiger partial charge on any atom is 0.523 e. The molecule has 0 saturated heterocycles. The first kappa shape index (κ1) is 17.7. The van der Waals surface area contributed by atoms with Gasteiger partial charge >= 0.3 is 15.6 Å².